The number of carbonyl (C=O) groups excluding carboxylic acids is 4. The van der Waals surface area contributed by atoms with Crippen molar-refractivity contribution >= 4 is 23.5 Å². The number of rotatable bonds is 21. The van der Waals surface area contributed by atoms with Crippen molar-refractivity contribution in [2.75, 3.05) is 65.6 Å². The quantitative estimate of drug-likeness (QED) is 0.124. The number of ketones is 1. The molecule has 2 aromatic carbocycles. The number of Topliss-reactive ketones (excluding diaryl/α,β-unsaturated/α-hetero) is 1. The zero-order valence-electron chi connectivity index (χ0n) is 44.9. The molecular weight excluding hydrogens is 863 g/mol. The third-order valence-electron chi connectivity index (χ3n) is 17.8. The molecule has 4 aliphatic heterocycles. The van der Waals surface area contributed by atoms with Crippen molar-refractivity contribution in [1.29, 1.82) is 0 Å². The number of nitrogens with one attached hydrogen (secondary N) is 1. The monoisotopic (exact) mass is 954 g/mol. The van der Waals surface area contributed by atoms with Gasteiger partial charge in [-0.2, -0.15) is 0 Å². The highest BCUT2D eigenvalue weighted by molar-refractivity contribution is 5.90. The topological polar surface area (TPSA) is 112 Å². The third kappa shape index (κ3) is 12.5. The van der Waals surface area contributed by atoms with Crippen LogP contribution in [0, 0.1) is 40.4 Å². The van der Waals surface area contributed by atoms with Gasteiger partial charge in [-0.3, -0.25) is 29.0 Å². The lowest BCUT2D eigenvalue weighted by Gasteiger charge is -2.47. The Morgan fingerprint density at radius 1 is 0.652 bits per heavy atom. The van der Waals surface area contributed by atoms with E-state index in [0.29, 0.717) is 26.3 Å². The molecule has 9 atom stereocenters. The van der Waals surface area contributed by atoms with Crippen molar-refractivity contribution in [3.05, 3.63) is 71.8 Å². The lowest BCUT2D eigenvalue weighted by molar-refractivity contribution is -0.146. The number of benzene rings is 2. The van der Waals surface area contributed by atoms with E-state index >= 15 is 0 Å². The van der Waals surface area contributed by atoms with E-state index in [1.165, 1.54) is 11.1 Å². The second-order valence-electron chi connectivity index (χ2n) is 23.7. The van der Waals surface area contributed by atoms with Gasteiger partial charge in [0.05, 0.1) is 36.5 Å². The van der Waals surface area contributed by atoms with Gasteiger partial charge in [-0.25, -0.2) is 0 Å². The van der Waals surface area contributed by atoms with Gasteiger partial charge in [0, 0.05) is 76.5 Å². The van der Waals surface area contributed by atoms with Crippen LogP contribution in [0.1, 0.15) is 133 Å². The summed E-state index contributed by atoms with van der Waals surface area (Å²) >= 11 is 0. The van der Waals surface area contributed by atoms with Crippen LogP contribution in [-0.2, 0) is 41.5 Å². The normalized spacial score (nSPS) is 29.1. The summed E-state index contributed by atoms with van der Waals surface area (Å²) in [7, 11) is 0. The second kappa shape index (κ2) is 23.3. The van der Waals surface area contributed by atoms with Gasteiger partial charge in [-0.15, -0.1) is 0 Å². The molecule has 11 nitrogen and oxygen atoms in total. The van der Waals surface area contributed by atoms with Gasteiger partial charge in [0.1, 0.15) is 11.8 Å². The van der Waals surface area contributed by atoms with Gasteiger partial charge in [-0.1, -0.05) is 130 Å². The molecule has 4 saturated heterocycles. The Kier molecular flexibility index (Phi) is 18.4. The first kappa shape index (κ1) is 54.7. The fourth-order valence-electron chi connectivity index (χ4n) is 12.3. The van der Waals surface area contributed by atoms with E-state index in [2.05, 4.69) is 127 Å². The SMILES string of the molecule is CC[C@@H](C)C(=O)N[C@H](C(=O)N1CC[C@@]2(C)C[C@@H](OCCO[C@H]3CN(CCc4ccccc4)C[C@@]4(C)N(C(=O)[C@@H](CC(=O)C(C)C)C(C)C)CC[C@@]4(C)C3)CN(CCc3ccccc3)C[C@@]12C)C(C)C. The van der Waals surface area contributed by atoms with Gasteiger partial charge in [-0.05, 0) is 92.6 Å². The smallest absolute Gasteiger partial charge is 0.245 e. The minimum Gasteiger partial charge on any atom is -0.374 e. The molecule has 1 N–H and O–H groups in total. The summed E-state index contributed by atoms with van der Waals surface area (Å²) in [6.07, 6.45) is 6.12. The molecule has 4 heterocycles. The largest absolute Gasteiger partial charge is 0.374 e. The van der Waals surface area contributed by atoms with Crippen LogP contribution in [0.25, 0.3) is 0 Å². The maximum atomic E-state index is 14.7. The Labute approximate surface area is 417 Å². The summed E-state index contributed by atoms with van der Waals surface area (Å²) in [6.45, 7) is 32.3. The molecular formula is C58H91N5O6. The molecule has 0 radical (unpaired) electrons. The molecule has 0 bridgehead atoms. The van der Waals surface area contributed by atoms with Crippen LogP contribution in [0.2, 0.25) is 0 Å². The average molecular weight is 954 g/mol. The van der Waals surface area contributed by atoms with Crippen molar-refractivity contribution in [1.82, 2.24) is 24.9 Å². The predicted octanol–water partition coefficient (Wildman–Crippen LogP) is 8.72. The second-order valence-corrected chi connectivity index (χ2v) is 23.7. The Hall–Kier alpha value is -3.64. The molecule has 4 aliphatic rings. The number of likely N-dealkylation sites (tertiary alicyclic amines) is 4. The Bertz CT molecular complexity index is 2010. The standard InChI is InChI=1S/C58H91N5O6/c1-13-44(8)52(65)59-51(43(6)7)54(67)63-31-27-56(10)36-48(38-61(40-58(56,63)12)29-25-46-22-18-15-19-23-46)69-33-32-68-47-35-55(9)26-30-62(53(66)49(41(2)3)34-50(64)42(4)5)57(55,11)39-60(37-47)28-24-45-20-16-14-17-21-45/h14-23,41-44,47-49,51H,13,24-40H2,1-12H3,(H,59,65)/t44-,47-,48-,49+,51+,55+,56+,57-,58-/m1/s1. The van der Waals surface area contributed by atoms with Crippen molar-refractivity contribution in [2.45, 2.75) is 164 Å². The van der Waals surface area contributed by atoms with Crippen molar-refractivity contribution < 1.29 is 28.7 Å². The van der Waals surface area contributed by atoms with Crippen LogP contribution in [0.15, 0.2) is 60.7 Å². The number of fused-ring (bicyclic) bond motifs is 2. The number of hydrogen-bond acceptors (Lipinski definition) is 8. The number of hydrogen-bond donors (Lipinski definition) is 1. The highest BCUT2D eigenvalue weighted by Crippen LogP contribution is 2.53. The molecule has 0 aromatic heterocycles. The minimum absolute atomic E-state index is 0.0189. The van der Waals surface area contributed by atoms with E-state index < -0.39 is 17.1 Å². The van der Waals surface area contributed by atoms with Gasteiger partial charge in [0.25, 0.3) is 0 Å². The summed E-state index contributed by atoms with van der Waals surface area (Å²) in [5.74, 6) is -0.341. The molecule has 0 spiro atoms. The van der Waals surface area contributed by atoms with Gasteiger partial charge >= 0.3 is 0 Å². The first-order valence-corrected chi connectivity index (χ1v) is 26.9. The lowest BCUT2D eigenvalue weighted by Crippen LogP contribution is -2.62. The first-order chi connectivity index (χ1) is 32.6. The van der Waals surface area contributed by atoms with Gasteiger partial charge < -0.3 is 24.6 Å². The van der Waals surface area contributed by atoms with E-state index in [9.17, 15) is 19.2 Å². The highest BCUT2D eigenvalue weighted by atomic mass is 16.5. The van der Waals surface area contributed by atoms with Crippen LogP contribution < -0.4 is 5.32 Å². The number of ether oxygens (including phenoxy) is 2. The van der Waals surface area contributed by atoms with Crippen LogP contribution >= 0.6 is 0 Å². The summed E-state index contributed by atoms with van der Waals surface area (Å²) in [5, 5.41) is 3.16. The summed E-state index contributed by atoms with van der Waals surface area (Å²) in [4.78, 5) is 65.1. The van der Waals surface area contributed by atoms with Crippen LogP contribution in [0.4, 0.5) is 0 Å². The van der Waals surface area contributed by atoms with Crippen LogP contribution in [-0.4, -0.2) is 138 Å². The first-order valence-electron chi connectivity index (χ1n) is 26.9. The van der Waals surface area contributed by atoms with E-state index in [0.717, 1.165) is 84.2 Å². The van der Waals surface area contributed by atoms with E-state index in [-0.39, 0.29) is 82.6 Å². The Morgan fingerprint density at radius 3 is 1.51 bits per heavy atom. The fourth-order valence-corrected chi connectivity index (χ4v) is 12.3. The molecule has 11 heteroatoms. The van der Waals surface area contributed by atoms with E-state index in [1.807, 2.05) is 41.5 Å². The fraction of sp³-hybridized carbons (Fsp3) is 0.724. The molecule has 2 aromatic rings. The van der Waals surface area contributed by atoms with E-state index in [4.69, 9.17) is 9.47 Å². The molecule has 6 rings (SSSR count). The van der Waals surface area contributed by atoms with Gasteiger partial charge in [0.15, 0.2) is 0 Å². The number of amides is 3. The molecule has 384 valence electrons. The predicted molar refractivity (Wildman–Crippen MR) is 277 cm³/mol. The molecule has 69 heavy (non-hydrogen) atoms. The molecule has 4 fully saturated rings. The van der Waals surface area contributed by atoms with Crippen molar-refractivity contribution in [3.63, 3.8) is 0 Å². The number of nitrogens with zero attached hydrogens (tertiary/aromatic N) is 4. The van der Waals surface area contributed by atoms with Crippen LogP contribution in [0.3, 0.4) is 0 Å². The van der Waals surface area contributed by atoms with Crippen molar-refractivity contribution in [2.24, 2.45) is 40.4 Å². The molecule has 3 amide bonds. The number of carbonyl (C=O) groups is 4. The zero-order valence-corrected chi connectivity index (χ0v) is 44.9. The molecule has 0 unspecified atom stereocenters. The summed E-state index contributed by atoms with van der Waals surface area (Å²) in [5.41, 5.74) is 1.29. The lowest BCUT2D eigenvalue weighted by atomic mass is 9.69. The zero-order chi connectivity index (χ0) is 50.3. The van der Waals surface area contributed by atoms with Crippen LogP contribution in [0.5, 0.6) is 0 Å². The van der Waals surface area contributed by atoms with Gasteiger partial charge in [0.2, 0.25) is 17.7 Å². The molecule has 0 aliphatic carbocycles. The Balaban J connectivity index is 1.18. The Morgan fingerprint density at radius 2 is 1.10 bits per heavy atom. The molecule has 0 saturated carbocycles. The maximum Gasteiger partial charge on any atom is 0.245 e. The van der Waals surface area contributed by atoms with Crippen molar-refractivity contribution in [3.8, 4) is 0 Å². The maximum absolute atomic E-state index is 14.7. The highest BCUT2D eigenvalue weighted by Gasteiger charge is 2.60. The summed E-state index contributed by atoms with van der Waals surface area (Å²) in [6, 6.07) is 20.7. The average Bonchev–Trinajstić information content (AvgIpc) is 3.62. The summed E-state index contributed by atoms with van der Waals surface area (Å²) < 4.78 is 13.9. The third-order valence-corrected chi connectivity index (χ3v) is 17.8. The van der Waals surface area contributed by atoms with E-state index in [1.54, 1.807) is 0 Å². The minimum atomic E-state index is -0.584.